The Morgan fingerprint density at radius 1 is 1.25 bits per heavy atom. The third-order valence-electron chi connectivity index (χ3n) is 3.03. The molecular weight excluding hydrogens is 268 g/mol. The molecule has 4 heteroatoms. The van der Waals surface area contributed by atoms with Gasteiger partial charge in [-0.25, -0.2) is 0 Å². The van der Waals surface area contributed by atoms with E-state index >= 15 is 0 Å². The Morgan fingerprint density at radius 3 is 2.65 bits per heavy atom. The van der Waals surface area contributed by atoms with Gasteiger partial charge in [-0.05, 0) is 49.1 Å². The highest BCUT2D eigenvalue weighted by Crippen LogP contribution is 2.30. The second kappa shape index (κ2) is 6.36. The molecule has 0 aliphatic rings. The number of thioether (sulfide) groups is 1. The molecule has 1 N–H and O–H groups in total. The summed E-state index contributed by atoms with van der Waals surface area (Å²) in [7, 11) is 1.66. The Balaban J connectivity index is 2.35. The molecule has 0 radical (unpaired) electrons. The number of hydrogen-bond acceptors (Lipinski definition) is 4. The van der Waals surface area contributed by atoms with E-state index in [4.69, 9.17) is 4.74 Å². The molecule has 0 unspecified atom stereocenters. The van der Waals surface area contributed by atoms with E-state index in [1.165, 1.54) is 0 Å². The Labute approximate surface area is 123 Å². The average molecular weight is 284 g/mol. The van der Waals surface area contributed by atoms with E-state index in [0.29, 0.717) is 5.56 Å². The van der Waals surface area contributed by atoms with Gasteiger partial charge in [0.15, 0.2) is 0 Å². The number of anilines is 2. The van der Waals surface area contributed by atoms with E-state index < -0.39 is 0 Å². The first kappa shape index (κ1) is 14.3. The SMILES string of the molecule is COc1ccc(Nc2cccc(SC)c2C#N)cc1C. The molecule has 2 aromatic carbocycles. The molecule has 20 heavy (non-hydrogen) atoms. The lowest BCUT2D eigenvalue weighted by molar-refractivity contribution is 0.412. The van der Waals surface area contributed by atoms with E-state index in [2.05, 4.69) is 11.4 Å². The number of aryl methyl sites for hydroxylation is 1. The number of benzene rings is 2. The van der Waals surface area contributed by atoms with Crippen molar-refractivity contribution in [2.45, 2.75) is 11.8 Å². The third-order valence-corrected chi connectivity index (χ3v) is 3.81. The number of nitrogens with one attached hydrogen (secondary N) is 1. The van der Waals surface area contributed by atoms with Gasteiger partial charge in [0.2, 0.25) is 0 Å². The molecule has 0 fully saturated rings. The fourth-order valence-corrected chi connectivity index (χ4v) is 2.61. The van der Waals surface area contributed by atoms with E-state index in [1.54, 1.807) is 18.9 Å². The summed E-state index contributed by atoms with van der Waals surface area (Å²) in [6.45, 7) is 1.99. The van der Waals surface area contributed by atoms with Crippen LogP contribution in [0.4, 0.5) is 11.4 Å². The van der Waals surface area contributed by atoms with Crippen molar-refractivity contribution in [1.82, 2.24) is 0 Å². The highest BCUT2D eigenvalue weighted by atomic mass is 32.2. The number of nitriles is 1. The normalized spacial score (nSPS) is 9.90. The maximum absolute atomic E-state index is 9.32. The molecule has 102 valence electrons. The first-order valence-corrected chi connectivity index (χ1v) is 7.41. The number of hydrogen-bond donors (Lipinski definition) is 1. The van der Waals surface area contributed by atoms with Gasteiger partial charge in [-0.1, -0.05) is 6.07 Å². The van der Waals surface area contributed by atoms with Gasteiger partial charge in [-0.2, -0.15) is 5.26 Å². The van der Waals surface area contributed by atoms with Gasteiger partial charge in [0.1, 0.15) is 11.8 Å². The standard InChI is InChI=1S/C16H16N2OS/c1-11-9-12(7-8-15(11)19-2)18-14-5-4-6-16(20-3)13(14)10-17/h4-9,18H,1-3H3. The van der Waals surface area contributed by atoms with Crippen LogP contribution < -0.4 is 10.1 Å². The van der Waals surface area contributed by atoms with Crippen LogP contribution in [0.3, 0.4) is 0 Å². The molecule has 0 saturated carbocycles. The lowest BCUT2D eigenvalue weighted by Crippen LogP contribution is -1.96. The number of rotatable bonds is 4. The van der Waals surface area contributed by atoms with Crippen molar-refractivity contribution < 1.29 is 4.74 Å². The molecule has 0 saturated heterocycles. The molecule has 3 nitrogen and oxygen atoms in total. The van der Waals surface area contributed by atoms with Crippen LogP contribution in [0.2, 0.25) is 0 Å². The molecular formula is C16H16N2OS. The molecule has 0 bridgehead atoms. The smallest absolute Gasteiger partial charge is 0.121 e. The average Bonchev–Trinajstić information content (AvgIpc) is 2.47. The fraction of sp³-hybridized carbons (Fsp3) is 0.188. The van der Waals surface area contributed by atoms with Gasteiger partial charge in [0, 0.05) is 10.6 Å². The summed E-state index contributed by atoms with van der Waals surface area (Å²) in [5, 5.41) is 12.6. The minimum Gasteiger partial charge on any atom is -0.496 e. The van der Waals surface area contributed by atoms with Crippen molar-refractivity contribution in [1.29, 1.82) is 5.26 Å². The maximum atomic E-state index is 9.32. The largest absolute Gasteiger partial charge is 0.496 e. The minimum atomic E-state index is 0.675. The summed E-state index contributed by atoms with van der Waals surface area (Å²) < 4.78 is 5.25. The summed E-state index contributed by atoms with van der Waals surface area (Å²) in [4.78, 5) is 0.975. The second-order valence-corrected chi connectivity index (χ2v) is 5.15. The Hall–Kier alpha value is -2.12. The van der Waals surface area contributed by atoms with Crippen LogP contribution in [0.25, 0.3) is 0 Å². The van der Waals surface area contributed by atoms with Crippen molar-refractivity contribution in [2.24, 2.45) is 0 Å². The second-order valence-electron chi connectivity index (χ2n) is 4.30. The van der Waals surface area contributed by atoms with Crippen LogP contribution in [-0.2, 0) is 0 Å². The summed E-state index contributed by atoms with van der Waals surface area (Å²) >= 11 is 1.57. The van der Waals surface area contributed by atoms with E-state index in [-0.39, 0.29) is 0 Å². The molecule has 0 atom stereocenters. The third kappa shape index (κ3) is 2.89. The molecule has 0 aliphatic carbocycles. The lowest BCUT2D eigenvalue weighted by atomic mass is 10.1. The van der Waals surface area contributed by atoms with E-state index in [1.807, 2.05) is 49.6 Å². The van der Waals surface area contributed by atoms with Crippen molar-refractivity contribution in [2.75, 3.05) is 18.7 Å². The number of methoxy groups -OCH3 is 1. The fourth-order valence-electron chi connectivity index (χ4n) is 2.03. The Bertz CT molecular complexity index is 662. The minimum absolute atomic E-state index is 0.675. The van der Waals surface area contributed by atoms with Crippen LogP contribution in [0.1, 0.15) is 11.1 Å². The maximum Gasteiger partial charge on any atom is 0.121 e. The van der Waals surface area contributed by atoms with Gasteiger partial charge in [0.25, 0.3) is 0 Å². The van der Waals surface area contributed by atoms with Crippen molar-refractivity contribution >= 4 is 23.1 Å². The van der Waals surface area contributed by atoms with E-state index in [9.17, 15) is 5.26 Å². The lowest BCUT2D eigenvalue weighted by Gasteiger charge is -2.12. The summed E-state index contributed by atoms with van der Waals surface area (Å²) in [6.07, 6.45) is 1.97. The quantitative estimate of drug-likeness (QED) is 0.848. The Morgan fingerprint density at radius 2 is 2.05 bits per heavy atom. The first-order chi connectivity index (χ1) is 9.69. The number of nitrogens with zero attached hydrogens (tertiary/aromatic N) is 1. The monoisotopic (exact) mass is 284 g/mol. The molecule has 0 aliphatic heterocycles. The van der Waals surface area contributed by atoms with E-state index in [0.717, 1.165) is 27.6 Å². The predicted molar refractivity (Wildman–Crippen MR) is 84.0 cm³/mol. The molecule has 2 aromatic rings. The summed E-state index contributed by atoms with van der Waals surface area (Å²) in [5.74, 6) is 0.855. The van der Waals surface area contributed by atoms with Crippen LogP contribution in [0.15, 0.2) is 41.3 Å². The van der Waals surface area contributed by atoms with Gasteiger partial charge in [-0.3, -0.25) is 0 Å². The highest BCUT2D eigenvalue weighted by Gasteiger charge is 2.08. The van der Waals surface area contributed by atoms with Crippen LogP contribution in [-0.4, -0.2) is 13.4 Å². The predicted octanol–water partition coefficient (Wildman–Crippen LogP) is 4.34. The molecule has 2 rings (SSSR count). The molecule has 0 aromatic heterocycles. The van der Waals surface area contributed by atoms with Gasteiger partial charge >= 0.3 is 0 Å². The Kier molecular flexibility index (Phi) is 4.54. The molecule has 0 amide bonds. The zero-order chi connectivity index (χ0) is 14.5. The van der Waals surface area contributed by atoms with Crippen LogP contribution in [0, 0.1) is 18.3 Å². The van der Waals surface area contributed by atoms with Crippen LogP contribution in [0.5, 0.6) is 5.75 Å². The van der Waals surface area contributed by atoms with Gasteiger partial charge < -0.3 is 10.1 Å². The van der Waals surface area contributed by atoms with Crippen molar-refractivity contribution in [3.63, 3.8) is 0 Å². The zero-order valence-electron chi connectivity index (χ0n) is 11.7. The van der Waals surface area contributed by atoms with Gasteiger partial charge in [-0.15, -0.1) is 11.8 Å². The van der Waals surface area contributed by atoms with Crippen LogP contribution >= 0.6 is 11.8 Å². The van der Waals surface area contributed by atoms with Crippen molar-refractivity contribution in [3.8, 4) is 11.8 Å². The topological polar surface area (TPSA) is 45.0 Å². The summed E-state index contributed by atoms with van der Waals surface area (Å²) in [5.41, 5.74) is 3.49. The highest BCUT2D eigenvalue weighted by molar-refractivity contribution is 7.98. The summed E-state index contributed by atoms with van der Waals surface area (Å²) in [6, 6.07) is 13.9. The molecule has 0 spiro atoms. The number of ether oxygens (including phenoxy) is 1. The zero-order valence-corrected chi connectivity index (χ0v) is 12.5. The van der Waals surface area contributed by atoms with Crippen molar-refractivity contribution in [3.05, 3.63) is 47.5 Å². The molecule has 0 heterocycles. The van der Waals surface area contributed by atoms with Gasteiger partial charge in [0.05, 0.1) is 18.4 Å². The first-order valence-electron chi connectivity index (χ1n) is 6.18.